The van der Waals surface area contributed by atoms with Crippen molar-refractivity contribution in [3.8, 4) is 0 Å². The summed E-state index contributed by atoms with van der Waals surface area (Å²) in [6.45, 7) is 14.1. The normalized spacial score (nSPS) is 32.4. The number of nitrogens with zero attached hydrogens (tertiary/aromatic N) is 1. The Morgan fingerprint density at radius 2 is 1.83 bits per heavy atom. The van der Waals surface area contributed by atoms with Crippen molar-refractivity contribution in [2.45, 2.75) is 110 Å². The van der Waals surface area contributed by atoms with Crippen LogP contribution in [0.2, 0.25) is 6.32 Å². The summed E-state index contributed by atoms with van der Waals surface area (Å²) in [4.78, 5) is 40.5. The van der Waals surface area contributed by atoms with Crippen molar-refractivity contribution in [2.75, 3.05) is 6.54 Å². The number of benzene rings is 1. The van der Waals surface area contributed by atoms with Crippen LogP contribution in [0.5, 0.6) is 0 Å². The van der Waals surface area contributed by atoms with Gasteiger partial charge < -0.3 is 18.8 Å². The monoisotopic (exact) mass is 579 g/mol. The molecule has 2 aliphatic heterocycles. The van der Waals surface area contributed by atoms with Crippen molar-refractivity contribution in [1.82, 2.24) is 4.90 Å². The van der Waals surface area contributed by atoms with E-state index in [0.29, 0.717) is 30.1 Å². The maximum absolute atomic E-state index is 13.2. The largest absolute Gasteiger partial charge is 0.458 e. The summed E-state index contributed by atoms with van der Waals surface area (Å²) >= 11 is 0. The number of Topliss-reactive ketones (excluding diaryl/α,β-unsaturated/α-hetero) is 1. The number of likely N-dealkylation sites (tertiary alicyclic amines) is 1. The molecule has 42 heavy (non-hydrogen) atoms. The minimum atomic E-state index is -0.716. The molecule has 3 aliphatic carbocycles. The van der Waals surface area contributed by atoms with Crippen LogP contribution in [0.1, 0.15) is 79.7 Å². The molecule has 5 aliphatic rings. The maximum Gasteiger partial charge on any atom is 0.457 e. The Balaban J connectivity index is 1.28. The smallest absolute Gasteiger partial charge is 0.457 e. The predicted molar refractivity (Wildman–Crippen MR) is 159 cm³/mol. The first-order chi connectivity index (χ1) is 19.7. The van der Waals surface area contributed by atoms with Gasteiger partial charge in [0.05, 0.1) is 11.7 Å². The zero-order valence-corrected chi connectivity index (χ0v) is 26.2. The van der Waals surface area contributed by atoms with Gasteiger partial charge in [-0.2, -0.15) is 0 Å². The average molecular weight is 580 g/mol. The van der Waals surface area contributed by atoms with Gasteiger partial charge in [0.2, 0.25) is 0 Å². The fraction of sp³-hybridized carbons (Fsp3) is 0.667. The summed E-state index contributed by atoms with van der Waals surface area (Å²) in [6, 6.07) is 8.75. The van der Waals surface area contributed by atoms with Gasteiger partial charge >= 0.3 is 19.2 Å². The van der Waals surface area contributed by atoms with Crippen LogP contribution in [0.4, 0.5) is 4.79 Å². The van der Waals surface area contributed by atoms with Gasteiger partial charge in [-0.15, -0.1) is 0 Å². The highest BCUT2D eigenvalue weighted by Gasteiger charge is 2.67. The second-order valence-corrected chi connectivity index (χ2v) is 14.4. The number of hydrogen-bond acceptors (Lipinski definition) is 7. The lowest BCUT2D eigenvalue weighted by Gasteiger charge is -2.64. The molecular weight excluding hydrogens is 533 g/mol. The quantitative estimate of drug-likeness (QED) is 0.212. The summed E-state index contributed by atoms with van der Waals surface area (Å²) in [5.41, 5.74) is 0.890. The fourth-order valence-corrected chi connectivity index (χ4v) is 7.83. The standard InChI is InChI=1S/C33H46BNO7/c1-21(36)29-25(14-11-15-34-41-27-18-24-17-26(32(24,5)6)33(27,7)42-34)23(19-35(29)30(38)40-31(2,3)4)16-28(37)39-20-22-12-9-8-10-13-22/h8-10,12-13,16,24-27,29H,11,14-15,17-20H2,1-7H3/b23-16+/t24-,25+,26-,27+,29-,33-/m0/s1. The van der Waals surface area contributed by atoms with Crippen molar-refractivity contribution >= 4 is 25.0 Å². The van der Waals surface area contributed by atoms with E-state index in [1.807, 2.05) is 30.3 Å². The molecule has 228 valence electrons. The molecule has 6 atom stereocenters. The number of carbonyl (C=O) groups excluding carboxylic acids is 3. The Kier molecular flexibility index (Phi) is 8.40. The molecule has 2 heterocycles. The van der Waals surface area contributed by atoms with E-state index in [4.69, 9.17) is 18.8 Å². The highest BCUT2D eigenvalue weighted by molar-refractivity contribution is 6.45. The number of carbonyl (C=O) groups is 3. The van der Waals surface area contributed by atoms with Crippen LogP contribution in [-0.4, -0.2) is 59.8 Å². The van der Waals surface area contributed by atoms with Gasteiger partial charge in [0.15, 0.2) is 5.78 Å². The number of esters is 1. The molecule has 0 radical (unpaired) electrons. The van der Waals surface area contributed by atoms with Crippen LogP contribution < -0.4 is 0 Å². The Labute approximate surface area is 250 Å². The fourth-order valence-electron chi connectivity index (χ4n) is 7.83. The Morgan fingerprint density at radius 1 is 1.12 bits per heavy atom. The molecular formula is C33H46BNO7. The van der Waals surface area contributed by atoms with E-state index in [0.717, 1.165) is 18.4 Å². The third-order valence-corrected chi connectivity index (χ3v) is 10.1. The number of ketones is 1. The summed E-state index contributed by atoms with van der Waals surface area (Å²) in [5, 5.41) is 0. The number of amides is 1. The van der Waals surface area contributed by atoms with E-state index < -0.39 is 23.7 Å². The van der Waals surface area contributed by atoms with Crippen molar-refractivity contribution in [2.24, 2.45) is 23.2 Å². The van der Waals surface area contributed by atoms with Gasteiger partial charge in [-0.3, -0.25) is 9.69 Å². The van der Waals surface area contributed by atoms with E-state index in [-0.39, 0.29) is 49.1 Å². The Hall–Kier alpha value is -2.65. The number of ether oxygens (including phenoxy) is 2. The number of rotatable bonds is 8. The minimum absolute atomic E-state index is 0.119. The molecule has 0 spiro atoms. The molecule has 9 heteroatoms. The Bertz CT molecular complexity index is 1220. The maximum atomic E-state index is 13.2. The van der Waals surface area contributed by atoms with Crippen molar-refractivity contribution in [3.63, 3.8) is 0 Å². The van der Waals surface area contributed by atoms with E-state index >= 15 is 0 Å². The third-order valence-electron chi connectivity index (χ3n) is 10.1. The minimum Gasteiger partial charge on any atom is -0.458 e. The summed E-state index contributed by atoms with van der Waals surface area (Å²) in [5.74, 6) is 0.222. The lowest BCUT2D eigenvalue weighted by Crippen LogP contribution is -2.65. The highest BCUT2D eigenvalue weighted by atomic mass is 16.7. The summed E-state index contributed by atoms with van der Waals surface area (Å²) in [6.07, 6.45) is 5.26. The lowest BCUT2D eigenvalue weighted by molar-refractivity contribution is -0.199. The molecule has 1 amide bonds. The van der Waals surface area contributed by atoms with Gasteiger partial charge in [-0.1, -0.05) is 50.6 Å². The molecule has 1 aromatic rings. The average Bonchev–Trinajstić information content (AvgIpc) is 3.44. The van der Waals surface area contributed by atoms with Crippen LogP contribution in [-0.2, 0) is 35.0 Å². The van der Waals surface area contributed by atoms with Crippen LogP contribution in [0, 0.1) is 23.2 Å². The molecule has 2 saturated heterocycles. The van der Waals surface area contributed by atoms with Gasteiger partial charge in [0, 0.05) is 18.5 Å². The molecule has 2 bridgehead atoms. The van der Waals surface area contributed by atoms with Gasteiger partial charge in [0.25, 0.3) is 0 Å². The molecule has 3 saturated carbocycles. The second kappa shape index (κ2) is 11.5. The molecule has 1 aromatic carbocycles. The predicted octanol–water partition coefficient (Wildman–Crippen LogP) is 5.99. The molecule has 5 fully saturated rings. The third kappa shape index (κ3) is 6.05. The first kappa shape index (κ1) is 30.8. The van der Waals surface area contributed by atoms with E-state index in [1.54, 1.807) is 20.8 Å². The molecule has 6 rings (SSSR count). The first-order valence-corrected chi connectivity index (χ1v) is 15.4. The number of hydrogen-bond donors (Lipinski definition) is 0. The summed E-state index contributed by atoms with van der Waals surface area (Å²) < 4.78 is 24.2. The van der Waals surface area contributed by atoms with Crippen LogP contribution in [0.3, 0.4) is 0 Å². The van der Waals surface area contributed by atoms with Crippen molar-refractivity contribution < 1.29 is 33.2 Å². The van der Waals surface area contributed by atoms with E-state index in [1.165, 1.54) is 24.3 Å². The SMILES string of the molecule is CC(=O)[C@H]1[C@H](CCCB2O[C@@H]3C[C@@H]4C[C@@H](C4(C)C)[C@]3(C)O2)/C(=C/C(=O)OCc2ccccc2)CN1C(=O)OC(C)(C)C. The molecule has 0 unspecified atom stereocenters. The van der Waals surface area contributed by atoms with Gasteiger partial charge in [-0.25, -0.2) is 9.59 Å². The first-order valence-electron chi connectivity index (χ1n) is 15.4. The van der Waals surface area contributed by atoms with Crippen LogP contribution in [0.25, 0.3) is 0 Å². The second-order valence-electron chi connectivity index (χ2n) is 14.4. The molecule has 0 N–H and O–H groups in total. The lowest BCUT2D eigenvalue weighted by atomic mass is 9.43. The summed E-state index contributed by atoms with van der Waals surface area (Å²) in [7, 11) is -0.294. The highest BCUT2D eigenvalue weighted by Crippen LogP contribution is 2.65. The molecule has 0 aromatic heterocycles. The zero-order chi connectivity index (χ0) is 30.4. The van der Waals surface area contributed by atoms with Crippen LogP contribution >= 0.6 is 0 Å². The van der Waals surface area contributed by atoms with Crippen molar-refractivity contribution in [3.05, 3.63) is 47.5 Å². The zero-order valence-electron chi connectivity index (χ0n) is 26.2. The van der Waals surface area contributed by atoms with Gasteiger partial charge in [0.1, 0.15) is 18.2 Å². The van der Waals surface area contributed by atoms with Gasteiger partial charge in [-0.05, 0) is 88.6 Å². The van der Waals surface area contributed by atoms with Crippen LogP contribution in [0.15, 0.2) is 42.0 Å². The van der Waals surface area contributed by atoms with E-state index in [2.05, 4.69) is 20.8 Å². The van der Waals surface area contributed by atoms with E-state index in [9.17, 15) is 14.4 Å². The molecule has 8 nitrogen and oxygen atoms in total. The Morgan fingerprint density at radius 3 is 2.48 bits per heavy atom. The van der Waals surface area contributed by atoms with Crippen molar-refractivity contribution in [1.29, 1.82) is 0 Å². The topological polar surface area (TPSA) is 91.4 Å².